The minimum atomic E-state index is 0.136. The number of ether oxygens (including phenoxy) is 1. The Morgan fingerprint density at radius 3 is 2.59 bits per heavy atom. The lowest BCUT2D eigenvalue weighted by Gasteiger charge is -2.22. The molecule has 2 rings (SSSR count). The highest BCUT2D eigenvalue weighted by Gasteiger charge is 2.12. The number of benzene rings is 1. The first-order valence-electron chi connectivity index (χ1n) is 9.77. The van der Waals surface area contributed by atoms with E-state index in [1.54, 1.807) is 6.20 Å². The molecule has 0 aliphatic heterocycles. The number of nitrogens with one attached hydrogen (secondary N) is 2. The predicted octanol–water partition coefficient (Wildman–Crippen LogP) is 4.08. The van der Waals surface area contributed by atoms with Crippen LogP contribution in [0.2, 0.25) is 0 Å². The fourth-order valence-corrected chi connectivity index (χ4v) is 2.89. The molecule has 0 spiro atoms. The van der Waals surface area contributed by atoms with Crippen LogP contribution in [-0.2, 0) is 4.74 Å². The van der Waals surface area contributed by atoms with Crippen LogP contribution in [0.3, 0.4) is 0 Å². The van der Waals surface area contributed by atoms with Gasteiger partial charge in [-0.15, -0.1) is 10.2 Å². The van der Waals surface area contributed by atoms with Gasteiger partial charge >= 0.3 is 0 Å². The molecule has 0 amide bonds. The molecular weight excluding hydrogens is 340 g/mol. The molecule has 0 fully saturated rings. The largest absolute Gasteiger partial charge is 0.378 e. The van der Waals surface area contributed by atoms with Crippen LogP contribution in [0.4, 0.5) is 22.9 Å². The third kappa shape index (κ3) is 6.36. The molecule has 1 atom stereocenters. The Bertz CT molecular complexity index is 690. The zero-order valence-electron chi connectivity index (χ0n) is 17.1. The Labute approximate surface area is 162 Å². The van der Waals surface area contributed by atoms with Gasteiger partial charge in [0.25, 0.3) is 0 Å². The fourth-order valence-electron chi connectivity index (χ4n) is 2.89. The Morgan fingerprint density at radius 2 is 1.93 bits per heavy atom. The molecule has 7 heteroatoms. The quantitative estimate of drug-likeness (QED) is 0.615. The summed E-state index contributed by atoms with van der Waals surface area (Å²) >= 11 is 0. The van der Waals surface area contributed by atoms with Gasteiger partial charge in [-0.05, 0) is 57.5 Å². The standard InChI is InChI=1S/C20H32N6O/c1-6-18(27-15(4)5)13-21-19-14-22-25-24-20(19)23-16-10-9-11-17(12-16)26(7-2)8-3/h9-12,14-15,18H,6-8,13H2,1-5H3,(H,21,25)(H,22,23,24). The SMILES string of the molecule is CCC(CNc1cnnnc1Nc1cccc(N(CC)CC)c1)OC(C)C. The van der Waals surface area contributed by atoms with Gasteiger partial charge in [-0.3, -0.25) is 0 Å². The Balaban J connectivity index is 2.10. The second kappa shape index (κ2) is 10.7. The lowest BCUT2D eigenvalue weighted by atomic mass is 10.2. The van der Waals surface area contributed by atoms with Crippen LogP contribution >= 0.6 is 0 Å². The first kappa shape index (κ1) is 20.9. The molecule has 0 aliphatic rings. The van der Waals surface area contributed by atoms with E-state index in [0.29, 0.717) is 12.4 Å². The molecule has 7 nitrogen and oxygen atoms in total. The van der Waals surface area contributed by atoms with Crippen LogP contribution in [0.25, 0.3) is 0 Å². The van der Waals surface area contributed by atoms with E-state index in [4.69, 9.17) is 4.74 Å². The van der Waals surface area contributed by atoms with Crippen molar-refractivity contribution in [2.75, 3.05) is 35.2 Å². The average molecular weight is 373 g/mol. The van der Waals surface area contributed by atoms with Crippen molar-refractivity contribution < 1.29 is 4.74 Å². The summed E-state index contributed by atoms with van der Waals surface area (Å²) in [5.74, 6) is 0.654. The summed E-state index contributed by atoms with van der Waals surface area (Å²) in [4.78, 5) is 2.30. The van der Waals surface area contributed by atoms with Gasteiger partial charge in [0.1, 0.15) is 5.69 Å². The van der Waals surface area contributed by atoms with E-state index in [1.807, 2.05) is 26.0 Å². The topological polar surface area (TPSA) is 75.2 Å². The first-order valence-corrected chi connectivity index (χ1v) is 9.77. The van der Waals surface area contributed by atoms with Crippen molar-refractivity contribution in [3.05, 3.63) is 30.5 Å². The third-order valence-corrected chi connectivity index (χ3v) is 4.32. The second-order valence-corrected chi connectivity index (χ2v) is 6.64. The minimum Gasteiger partial charge on any atom is -0.378 e. The number of rotatable bonds is 11. The second-order valence-electron chi connectivity index (χ2n) is 6.64. The molecule has 2 aromatic rings. The van der Waals surface area contributed by atoms with Gasteiger partial charge in [0.15, 0.2) is 5.82 Å². The van der Waals surface area contributed by atoms with Crippen molar-refractivity contribution >= 4 is 22.9 Å². The number of nitrogens with zero attached hydrogens (tertiary/aromatic N) is 4. The van der Waals surface area contributed by atoms with Gasteiger partial charge in [0.2, 0.25) is 0 Å². The highest BCUT2D eigenvalue weighted by Crippen LogP contribution is 2.25. The molecule has 1 aromatic heterocycles. The van der Waals surface area contributed by atoms with Gasteiger partial charge in [-0.1, -0.05) is 13.0 Å². The molecule has 0 saturated heterocycles. The fraction of sp³-hybridized carbons (Fsp3) is 0.550. The monoisotopic (exact) mass is 372 g/mol. The molecule has 1 heterocycles. The highest BCUT2D eigenvalue weighted by molar-refractivity contribution is 5.71. The van der Waals surface area contributed by atoms with E-state index < -0.39 is 0 Å². The molecule has 2 N–H and O–H groups in total. The molecule has 148 valence electrons. The molecule has 0 saturated carbocycles. The summed E-state index contributed by atoms with van der Waals surface area (Å²) < 4.78 is 5.90. The number of hydrogen-bond donors (Lipinski definition) is 2. The normalized spacial score (nSPS) is 12.1. The summed E-state index contributed by atoms with van der Waals surface area (Å²) in [6.45, 7) is 13.2. The van der Waals surface area contributed by atoms with Gasteiger partial charge in [-0.2, -0.15) is 0 Å². The van der Waals surface area contributed by atoms with Crippen molar-refractivity contribution in [1.29, 1.82) is 0 Å². The maximum atomic E-state index is 5.90. The minimum absolute atomic E-state index is 0.136. The third-order valence-electron chi connectivity index (χ3n) is 4.32. The summed E-state index contributed by atoms with van der Waals surface area (Å²) in [5, 5.41) is 18.6. The van der Waals surface area contributed by atoms with Crippen LogP contribution in [-0.4, -0.2) is 47.3 Å². The van der Waals surface area contributed by atoms with E-state index in [2.05, 4.69) is 63.8 Å². The van der Waals surface area contributed by atoms with Gasteiger partial charge in [0.05, 0.1) is 18.4 Å². The summed E-state index contributed by atoms with van der Waals surface area (Å²) in [7, 11) is 0. The zero-order valence-corrected chi connectivity index (χ0v) is 17.1. The molecule has 0 bridgehead atoms. The number of anilines is 4. The highest BCUT2D eigenvalue weighted by atomic mass is 16.5. The summed E-state index contributed by atoms with van der Waals surface area (Å²) in [6.07, 6.45) is 2.96. The van der Waals surface area contributed by atoms with Crippen molar-refractivity contribution in [2.45, 2.75) is 53.2 Å². The van der Waals surface area contributed by atoms with Crippen LogP contribution in [0.1, 0.15) is 41.0 Å². The maximum absolute atomic E-state index is 5.90. The van der Waals surface area contributed by atoms with Crippen LogP contribution in [0.15, 0.2) is 30.5 Å². The predicted molar refractivity (Wildman–Crippen MR) is 112 cm³/mol. The van der Waals surface area contributed by atoms with Crippen molar-refractivity contribution in [3.63, 3.8) is 0 Å². The Kier molecular flexibility index (Phi) is 8.26. The number of aromatic nitrogens is 3. The van der Waals surface area contributed by atoms with Crippen molar-refractivity contribution in [2.24, 2.45) is 0 Å². The van der Waals surface area contributed by atoms with Gasteiger partial charge in [0, 0.05) is 31.0 Å². The molecule has 1 aromatic carbocycles. The van der Waals surface area contributed by atoms with E-state index in [1.165, 1.54) is 5.69 Å². The number of hydrogen-bond acceptors (Lipinski definition) is 7. The van der Waals surface area contributed by atoms with E-state index in [-0.39, 0.29) is 12.2 Å². The zero-order chi connectivity index (χ0) is 19.6. The van der Waals surface area contributed by atoms with E-state index in [0.717, 1.165) is 30.9 Å². The van der Waals surface area contributed by atoms with Gasteiger partial charge < -0.3 is 20.3 Å². The molecule has 0 radical (unpaired) electrons. The molecular formula is C20H32N6O. The van der Waals surface area contributed by atoms with Crippen LogP contribution < -0.4 is 15.5 Å². The van der Waals surface area contributed by atoms with E-state index in [9.17, 15) is 0 Å². The van der Waals surface area contributed by atoms with Gasteiger partial charge in [-0.25, -0.2) is 0 Å². The molecule has 0 aliphatic carbocycles. The maximum Gasteiger partial charge on any atom is 0.179 e. The lowest BCUT2D eigenvalue weighted by molar-refractivity contribution is 0.0138. The first-order chi connectivity index (χ1) is 13.1. The molecule has 1 unspecified atom stereocenters. The lowest BCUT2D eigenvalue weighted by Crippen LogP contribution is -2.26. The van der Waals surface area contributed by atoms with Crippen molar-refractivity contribution in [3.8, 4) is 0 Å². The summed E-state index contributed by atoms with van der Waals surface area (Å²) in [5.41, 5.74) is 2.95. The Hall–Kier alpha value is -2.41. The smallest absolute Gasteiger partial charge is 0.179 e. The van der Waals surface area contributed by atoms with Crippen molar-refractivity contribution in [1.82, 2.24) is 15.4 Å². The summed E-state index contributed by atoms with van der Waals surface area (Å²) in [6, 6.07) is 8.30. The average Bonchev–Trinajstić information content (AvgIpc) is 2.67. The molecule has 27 heavy (non-hydrogen) atoms. The van der Waals surface area contributed by atoms with E-state index >= 15 is 0 Å². The Morgan fingerprint density at radius 1 is 1.15 bits per heavy atom. The van der Waals surface area contributed by atoms with Crippen LogP contribution in [0, 0.1) is 0 Å². The van der Waals surface area contributed by atoms with Crippen LogP contribution in [0.5, 0.6) is 0 Å².